The molecule has 0 bridgehead atoms. The Morgan fingerprint density at radius 1 is 1.14 bits per heavy atom. The highest BCUT2D eigenvalue weighted by molar-refractivity contribution is 7.92. The molecule has 0 aromatic heterocycles. The first kappa shape index (κ1) is 22.2. The monoisotopic (exact) mass is 423 g/mol. The lowest BCUT2D eigenvalue weighted by molar-refractivity contribution is 0.0634. The number of halogens is 1. The minimum Gasteiger partial charge on any atom is -0.329 e. The highest BCUT2D eigenvalue weighted by Gasteiger charge is 2.28. The van der Waals surface area contributed by atoms with Gasteiger partial charge in [0.25, 0.3) is 5.91 Å². The van der Waals surface area contributed by atoms with E-state index in [0.29, 0.717) is 24.3 Å². The van der Waals surface area contributed by atoms with Gasteiger partial charge in [0.1, 0.15) is 0 Å². The summed E-state index contributed by atoms with van der Waals surface area (Å²) in [6.07, 6.45) is 2.08. The highest BCUT2D eigenvalue weighted by Crippen LogP contribution is 2.25. The van der Waals surface area contributed by atoms with E-state index < -0.39 is 10.0 Å². The molecule has 1 atom stereocenters. The predicted octanol–water partition coefficient (Wildman–Crippen LogP) is 2.83. The van der Waals surface area contributed by atoms with E-state index in [2.05, 4.69) is 41.2 Å². The van der Waals surface area contributed by atoms with Crippen molar-refractivity contribution in [2.24, 2.45) is 0 Å². The van der Waals surface area contributed by atoms with Crippen LogP contribution >= 0.6 is 12.4 Å². The Bertz CT molecular complexity index is 899. The second kappa shape index (κ2) is 9.41. The van der Waals surface area contributed by atoms with Crippen LogP contribution in [0.3, 0.4) is 0 Å². The van der Waals surface area contributed by atoms with Crippen LogP contribution < -0.4 is 10.0 Å². The molecule has 2 aromatic carbocycles. The van der Waals surface area contributed by atoms with Gasteiger partial charge in [-0.2, -0.15) is 0 Å². The maximum absolute atomic E-state index is 13.1. The van der Waals surface area contributed by atoms with Crippen molar-refractivity contribution >= 4 is 34.0 Å². The Hall–Kier alpha value is -2.09. The quantitative estimate of drug-likeness (QED) is 0.775. The topological polar surface area (TPSA) is 78.5 Å². The summed E-state index contributed by atoms with van der Waals surface area (Å²) in [5.41, 5.74) is 3.38. The van der Waals surface area contributed by atoms with E-state index in [1.54, 1.807) is 24.3 Å². The van der Waals surface area contributed by atoms with Crippen molar-refractivity contribution in [2.45, 2.75) is 19.4 Å². The number of nitrogens with one attached hydrogen (secondary N) is 2. The van der Waals surface area contributed by atoms with Crippen LogP contribution in [0, 0.1) is 0 Å². The average Bonchev–Trinajstić information content (AvgIpc) is 2.67. The Morgan fingerprint density at radius 2 is 1.79 bits per heavy atom. The number of hydrogen-bond acceptors (Lipinski definition) is 4. The first-order valence-electron chi connectivity index (χ1n) is 9.06. The van der Waals surface area contributed by atoms with E-state index in [-0.39, 0.29) is 24.4 Å². The molecule has 2 N–H and O–H groups in total. The summed E-state index contributed by atoms with van der Waals surface area (Å²) < 4.78 is 25.0. The van der Waals surface area contributed by atoms with Crippen molar-refractivity contribution in [3.8, 4) is 0 Å². The van der Waals surface area contributed by atoms with Gasteiger partial charge in [-0.05, 0) is 41.8 Å². The number of piperazine rings is 1. The SMILES string of the molecule is CCc1ccc(C2CNCCN2C(=O)c2ccc(NS(C)(=O)=O)cc2)cc1.Cl. The lowest BCUT2D eigenvalue weighted by atomic mass is 10.00. The van der Waals surface area contributed by atoms with Gasteiger partial charge < -0.3 is 10.2 Å². The van der Waals surface area contributed by atoms with Gasteiger partial charge >= 0.3 is 0 Å². The zero-order valence-electron chi connectivity index (χ0n) is 16.0. The molecule has 1 heterocycles. The van der Waals surface area contributed by atoms with Crippen molar-refractivity contribution in [1.82, 2.24) is 10.2 Å². The summed E-state index contributed by atoms with van der Waals surface area (Å²) in [5.74, 6) is -0.0491. The van der Waals surface area contributed by atoms with Gasteiger partial charge in [-0.25, -0.2) is 8.42 Å². The van der Waals surface area contributed by atoms with Crippen LogP contribution in [0.2, 0.25) is 0 Å². The van der Waals surface area contributed by atoms with Gasteiger partial charge in [0, 0.05) is 30.9 Å². The molecule has 1 unspecified atom stereocenters. The second-order valence-corrected chi connectivity index (χ2v) is 8.51. The number of carbonyl (C=O) groups is 1. The van der Waals surface area contributed by atoms with E-state index >= 15 is 0 Å². The van der Waals surface area contributed by atoms with Crippen molar-refractivity contribution in [1.29, 1.82) is 0 Å². The van der Waals surface area contributed by atoms with E-state index in [9.17, 15) is 13.2 Å². The molecule has 1 fully saturated rings. The largest absolute Gasteiger partial charge is 0.329 e. The maximum atomic E-state index is 13.1. The Balaban J connectivity index is 0.00000280. The van der Waals surface area contributed by atoms with Crippen LogP contribution in [0.25, 0.3) is 0 Å². The molecule has 0 radical (unpaired) electrons. The minimum absolute atomic E-state index is 0. The number of nitrogens with zero attached hydrogens (tertiary/aromatic N) is 1. The molecule has 1 aliphatic heterocycles. The Morgan fingerprint density at radius 3 is 2.36 bits per heavy atom. The lowest BCUT2D eigenvalue weighted by Gasteiger charge is -2.36. The van der Waals surface area contributed by atoms with Crippen molar-refractivity contribution in [3.05, 3.63) is 65.2 Å². The van der Waals surface area contributed by atoms with E-state index in [1.807, 2.05) is 4.90 Å². The summed E-state index contributed by atoms with van der Waals surface area (Å²) in [7, 11) is -3.33. The van der Waals surface area contributed by atoms with Gasteiger partial charge in [-0.3, -0.25) is 9.52 Å². The first-order valence-corrected chi connectivity index (χ1v) is 10.9. The van der Waals surface area contributed by atoms with Crippen LogP contribution in [0.1, 0.15) is 34.5 Å². The molecular formula is C20H26ClN3O3S. The molecule has 0 saturated carbocycles. The fourth-order valence-corrected chi connectivity index (χ4v) is 3.85. The van der Waals surface area contributed by atoms with Gasteiger partial charge in [-0.15, -0.1) is 12.4 Å². The summed E-state index contributed by atoms with van der Waals surface area (Å²) in [6.45, 7) is 4.21. The number of carbonyl (C=O) groups excluding carboxylic acids is 1. The number of aryl methyl sites for hydroxylation is 1. The zero-order chi connectivity index (χ0) is 19.4. The van der Waals surface area contributed by atoms with Crippen LogP contribution in [-0.4, -0.2) is 45.1 Å². The molecule has 0 spiro atoms. The van der Waals surface area contributed by atoms with E-state index in [4.69, 9.17) is 0 Å². The Kier molecular flexibility index (Phi) is 7.46. The average molecular weight is 424 g/mol. The third-order valence-electron chi connectivity index (χ3n) is 4.71. The molecule has 3 rings (SSSR count). The number of amides is 1. The van der Waals surface area contributed by atoms with Crippen molar-refractivity contribution in [3.63, 3.8) is 0 Å². The molecule has 2 aromatic rings. The number of hydrogen-bond donors (Lipinski definition) is 2. The molecule has 1 aliphatic rings. The van der Waals surface area contributed by atoms with Gasteiger partial charge in [0.05, 0.1) is 12.3 Å². The summed E-state index contributed by atoms with van der Waals surface area (Å²) >= 11 is 0. The molecule has 0 aliphatic carbocycles. The second-order valence-electron chi connectivity index (χ2n) is 6.77. The van der Waals surface area contributed by atoms with Gasteiger partial charge in [0.15, 0.2) is 0 Å². The molecule has 1 saturated heterocycles. The molecule has 6 nitrogen and oxygen atoms in total. The van der Waals surface area contributed by atoms with Crippen LogP contribution in [0.15, 0.2) is 48.5 Å². The van der Waals surface area contributed by atoms with E-state index in [0.717, 1.165) is 24.8 Å². The van der Waals surface area contributed by atoms with Crippen LogP contribution in [0.5, 0.6) is 0 Å². The van der Waals surface area contributed by atoms with Crippen molar-refractivity contribution < 1.29 is 13.2 Å². The first-order chi connectivity index (χ1) is 12.9. The van der Waals surface area contributed by atoms with Gasteiger partial charge in [0.2, 0.25) is 10.0 Å². The van der Waals surface area contributed by atoms with Crippen LogP contribution in [0.4, 0.5) is 5.69 Å². The third kappa shape index (κ3) is 5.47. The molecule has 8 heteroatoms. The molecule has 152 valence electrons. The summed E-state index contributed by atoms with van der Waals surface area (Å²) in [5, 5.41) is 3.36. The standard InChI is InChI=1S/C20H25N3O3S.ClH/c1-3-15-4-6-16(7-5-15)19-14-21-12-13-23(19)20(24)17-8-10-18(11-9-17)22-27(2,25)26;/h4-11,19,21-22H,3,12-14H2,1-2H3;1H. The fourth-order valence-electron chi connectivity index (χ4n) is 3.28. The fraction of sp³-hybridized carbons (Fsp3) is 0.350. The lowest BCUT2D eigenvalue weighted by Crippen LogP contribution is -2.48. The number of sulfonamides is 1. The third-order valence-corrected chi connectivity index (χ3v) is 5.32. The number of anilines is 1. The highest BCUT2D eigenvalue weighted by atomic mass is 35.5. The molecular weight excluding hydrogens is 398 g/mol. The summed E-state index contributed by atoms with van der Waals surface area (Å²) in [6, 6.07) is 14.9. The molecule has 1 amide bonds. The van der Waals surface area contributed by atoms with Crippen LogP contribution in [-0.2, 0) is 16.4 Å². The smallest absolute Gasteiger partial charge is 0.254 e. The number of benzene rings is 2. The Labute approximate surface area is 172 Å². The zero-order valence-corrected chi connectivity index (χ0v) is 17.6. The van der Waals surface area contributed by atoms with Crippen molar-refractivity contribution in [2.75, 3.05) is 30.6 Å². The minimum atomic E-state index is -3.33. The van der Waals surface area contributed by atoms with E-state index in [1.165, 1.54) is 5.56 Å². The number of rotatable bonds is 5. The van der Waals surface area contributed by atoms with Gasteiger partial charge in [-0.1, -0.05) is 31.2 Å². The predicted molar refractivity (Wildman–Crippen MR) is 115 cm³/mol. The normalized spacial score (nSPS) is 16.9. The maximum Gasteiger partial charge on any atom is 0.254 e. The summed E-state index contributed by atoms with van der Waals surface area (Å²) in [4.78, 5) is 14.9. The molecule has 28 heavy (non-hydrogen) atoms.